The SMILES string of the molecule is CC(CN)CNCOC(=O)c1ccccc1. The molecular weight excluding hydrogens is 204 g/mol. The minimum atomic E-state index is -0.312. The predicted octanol–water partition coefficient (Wildman–Crippen LogP) is 0.985. The number of hydrogen-bond donors (Lipinski definition) is 2. The average molecular weight is 222 g/mol. The largest absolute Gasteiger partial charge is 0.446 e. The van der Waals surface area contributed by atoms with Crippen LogP contribution in [0.1, 0.15) is 17.3 Å². The summed E-state index contributed by atoms with van der Waals surface area (Å²) in [7, 11) is 0. The minimum Gasteiger partial charge on any atom is -0.446 e. The maximum Gasteiger partial charge on any atom is 0.339 e. The van der Waals surface area contributed by atoms with Crippen molar-refractivity contribution in [1.82, 2.24) is 5.32 Å². The van der Waals surface area contributed by atoms with Crippen LogP contribution in [-0.4, -0.2) is 25.8 Å². The Morgan fingerprint density at radius 1 is 1.44 bits per heavy atom. The number of ether oxygens (including phenoxy) is 1. The molecule has 1 aromatic rings. The Morgan fingerprint density at radius 2 is 2.12 bits per heavy atom. The molecule has 0 heterocycles. The Morgan fingerprint density at radius 3 is 2.75 bits per heavy atom. The average Bonchev–Trinajstić information content (AvgIpc) is 2.35. The Kier molecular flexibility index (Phi) is 5.53. The molecule has 0 aliphatic rings. The topological polar surface area (TPSA) is 64.3 Å². The van der Waals surface area contributed by atoms with E-state index in [4.69, 9.17) is 10.5 Å². The molecule has 1 rings (SSSR count). The number of nitrogens with one attached hydrogen (secondary N) is 1. The molecule has 0 radical (unpaired) electrons. The van der Waals surface area contributed by atoms with Gasteiger partial charge in [-0.15, -0.1) is 0 Å². The van der Waals surface area contributed by atoms with Crippen LogP contribution in [0.3, 0.4) is 0 Å². The van der Waals surface area contributed by atoms with Gasteiger partial charge in [-0.05, 0) is 24.6 Å². The van der Waals surface area contributed by atoms with Crippen molar-refractivity contribution in [2.75, 3.05) is 19.8 Å². The van der Waals surface area contributed by atoms with E-state index in [1.54, 1.807) is 24.3 Å². The van der Waals surface area contributed by atoms with Crippen molar-refractivity contribution in [3.63, 3.8) is 0 Å². The second kappa shape index (κ2) is 6.98. The lowest BCUT2D eigenvalue weighted by Crippen LogP contribution is -2.29. The van der Waals surface area contributed by atoms with Crippen molar-refractivity contribution >= 4 is 5.97 Å². The molecule has 0 spiro atoms. The highest BCUT2D eigenvalue weighted by atomic mass is 16.5. The van der Waals surface area contributed by atoms with E-state index in [-0.39, 0.29) is 12.7 Å². The van der Waals surface area contributed by atoms with Crippen molar-refractivity contribution in [3.8, 4) is 0 Å². The van der Waals surface area contributed by atoms with Gasteiger partial charge in [-0.25, -0.2) is 4.79 Å². The van der Waals surface area contributed by atoms with E-state index in [9.17, 15) is 4.79 Å². The van der Waals surface area contributed by atoms with Crippen LogP contribution >= 0.6 is 0 Å². The summed E-state index contributed by atoms with van der Waals surface area (Å²) in [5, 5.41) is 3.01. The van der Waals surface area contributed by atoms with Crippen LogP contribution in [0.5, 0.6) is 0 Å². The van der Waals surface area contributed by atoms with E-state index in [1.807, 2.05) is 13.0 Å². The van der Waals surface area contributed by atoms with Gasteiger partial charge < -0.3 is 10.5 Å². The number of carbonyl (C=O) groups excluding carboxylic acids is 1. The Hall–Kier alpha value is -1.39. The number of esters is 1. The highest BCUT2D eigenvalue weighted by molar-refractivity contribution is 5.89. The second-order valence-corrected chi connectivity index (χ2v) is 3.74. The van der Waals surface area contributed by atoms with Gasteiger partial charge in [-0.2, -0.15) is 0 Å². The molecule has 1 aromatic carbocycles. The molecule has 16 heavy (non-hydrogen) atoms. The van der Waals surface area contributed by atoms with Crippen molar-refractivity contribution in [2.45, 2.75) is 6.92 Å². The van der Waals surface area contributed by atoms with Gasteiger partial charge in [0.1, 0.15) is 6.73 Å². The predicted molar refractivity (Wildman–Crippen MR) is 62.9 cm³/mol. The van der Waals surface area contributed by atoms with Gasteiger partial charge in [0.25, 0.3) is 0 Å². The monoisotopic (exact) mass is 222 g/mol. The number of rotatable bonds is 6. The second-order valence-electron chi connectivity index (χ2n) is 3.74. The summed E-state index contributed by atoms with van der Waals surface area (Å²) in [6.45, 7) is 3.63. The van der Waals surface area contributed by atoms with Crippen LogP contribution in [0.2, 0.25) is 0 Å². The quantitative estimate of drug-likeness (QED) is 0.428. The number of hydrogen-bond acceptors (Lipinski definition) is 4. The highest BCUT2D eigenvalue weighted by Crippen LogP contribution is 2.00. The van der Waals surface area contributed by atoms with Crippen molar-refractivity contribution < 1.29 is 9.53 Å². The molecule has 88 valence electrons. The minimum absolute atomic E-state index is 0.220. The lowest BCUT2D eigenvalue weighted by atomic mass is 10.2. The van der Waals surface area contributed by atoms with E-state index in [0.29, 0.717) is 18.0 Å². The van der Waals surface area contributed by atoms with Gasteiger partial charge in [0, 0.05) is 6.54 Å². The van der Waals surface area contributed by atoms with Gasteiger partial charge in [-0.1, -0.05) is 25.1 Å². The van der Waals surface area contributed by atoms with E-state index in [1.165, 1.54) is 0 Å². The third-order valence-corrected chi connectivity index (χ3v) is 2.21. The molecule has 0 aromatic heterocycles. The van der Waals surface area contributed by atoms with Crippen LogP contribution < -0.4 is 11.1 Å². The van der Waals surface area contributed by atoms with Crippen LogP contribution in [0.25, 0.3) is 0 Å². The molecule has 4 nitrogen and oxygen atoms in total. The molecule has 0 saturated heterocycles. The molecular formula is C12H18N2O2. The Balaban J connectivity index is 2.21. The highest BCUT2D eigenvalue weighted by Gasteiger charge is 2.05. The van der Waals surface area contributed by atoms with Gasteiger partial charge in [-0.3, -0.25) is 5.32 Å². The Labute approximate surface area is 95.8 Å². The fourth-order valence-corrected chi connectivity index (χ4v) is 1.16. The van der Waals surface area contributed by atoms with Crippen molar-refractivity contribution in [1.29, 1.82) is 0 Å². The lowest BCUT2D eigenvalue weighted by Gasteiger charge is -2.10. The zero-order chi connectivity index (χ0) is 11.8. The van der Waals surface area contributed by atoms with Crippen LogP contribution in [-0.2, 0) is 4.74 Å². The summed E-state index contributed by atoms with van der Waals surface area (Å²) in [6.07, 6.45) is 0. The molecule has 0 saturated carbocycles. The van der Waals surface area contributed by atoms with Crippen LogP contribution in [0.15, 0.2) is 30.3 Å². The van der Waals surface area contributed by atoms with Gasteiger partial charge in [0.2, 0.25) is 0 Å². The van der Waals surface area contributed by atoms with Crippen molar-refractivity contribution in [3.05, 3.63) is 35.9 Å². The van der Waals surface area contributed by atoms with E-state index in [0.717, 1.165) is 6.54 Å². The molecule has 0 aliphatic carbocycles. The molecule has 0 aliphatic heterocycles. The maximum atomic E-state index is 11.5. The Bertz CT molecular complexity index is 314. The van der Waals surface area contributed by atoms with Crippen LogP contribution in [0, 0.1) is 5.92 Å². The van der Waals surface area contributed by atoms with E-state index >= 15 is 0 Å². The number of benzene rings is 1. The van der Waals surface area contributed by atoms with Gasteiger partial charge in [0.15, 0.2) is 0 Å². The molecule has 0 bridgehead atoms. The summed E-state index contributed by atoms with van der Waals surface area (Å²) in [5.74, 6) is 0.0731. The number of carbonyl (C=O) groups is 1. The fourth-order valence-electron chi connectivity index (χ4n) is 1.16. The first kappa shape index (κ1) is 12.7. The first-order valence-corrected chi connectivity index (χ1v) is 5.37. The van der Waals surface area contributed by atoms with Crippen molar-refractivity contribution in [2.24, 2.45) is 11.7 Å². The van der Waals surface area contributed by atoms with Gasteiger partial charge in [0.05, 0.1) is 5.56 Å². The third kappa shape index (κ3) is 4.42. The smallest absolute Gasteiger partial charge is 0.339 e. The summed E-state index contributed by atoms with van der Waals surface area (Å²) < 4.78 is 5.03. The van der Waals surface area contributed by atoms with Gasteiger partial charge >= 0.3 is 5.97 Å². The van der Waals surface area contributed by atoms with E-state index in [2.05, 4.69) is 5.32 Å². The maximum absolute atomic E-state index is 11.5. The normalized spacial score (nSPS) is 12.1. The third-order valence-electron chi connectivity index (χ3n) is 2.21. The first-order valence-electron chi connectivity index (χ1n) is 5.37. The molecule has 1 atom stereocenters. The summed E-state index contributed by atoms with van der Waals surface area (Å²) >= 11 is 0. The first-order chi connectivity index (χ1) is 7.74. The van der Waals surface area contributed by atoms with E-state index < -0.39 is 0 Å². The zero-order valence-corrected chi connectivity index (χ0v) is 9.48. The summed E-state index contributed by atoms with van der Waals surface area (Å²) in [5.41, 5.74) is 6.02. The molecule has 0 fully saturated rings. The number of nitrogens with two attached hydrogens (primary N) is 1. The summed E-state index contributed by atoms with van der Waals surface area (Å²) in [4.78, 5) is 11.5. The fraction of sp³-hybridized carbons (Fsp3) is 0.417. The van der Waals surface area contributed by atoms with Crippen LogP contribution in [0.4, 0.5) is 0 Å². The molecule has 1 unspecified atom stereocenters. The molecule has 0 amide bonds. The standard InChI is InChI=1S/C12H18N2O2/c1-10(7-13)8-14-9-16-12(15)11-5-3-2-4-6-11/h2-6,10,14H,7-9,13H2,1H3. The summed E-state index contributed by atoms with van der Waals surface area (Å²) in [6, 6.07) is 8.93. The zero-order valence-electron chi connectivity index (χ0n) is 9.48. The molecule has 3 N–H and O–H groups in total. The molecule has 4 heteroatoms. The lowest BCUT2D eigenvalue weighted by molar-refractivity contribution is 0.0468.